The highest BCUT2D eigenvalue weighted by Gasteiger charge is 2.09. The Labute approximate surface area is 117 Å². The fourth-order valence-electron chi connectivity index (χ4n) is 1.94. The van der Waals surface area contributed by atoms with E-state index in [0.717, 1.165) is 31.9 Å². The maximum Gasteiger partial charge on any atom is 0.128 e. The number of hydrogen-bond acceptors (Lipinski definition) is 4. The van der Waals surface area contributed by atoms with Gasteiger partial charge < -0.3 is 15.1 Å². The SMILES string of the molecule is CCCN(CCN(C)C)c1ccc(C(C)NC)cn1. The molecule has 1 rings (SSSR count). The predicted molar refractivity (Wildman–Crippen MR) is 82.8 cm³/mol. The molecule has 0 radical (unpaired) electrons. The Morgan fingerprint density at radius 3 is 2.42 bits per heavy atom. The van der Waals surface area contributed by atoms with Crippen LogP contribution in [-0.2, 0) is 0 Å². The second kappa shape index (κ2) is 8.12. The quantitative estimate of drug-likeness (QED) is 0.779. The van der Waals surface area contributed by atoms with Crippen molar-refractivity contribution in [3.8, 4) is 0 Å². The third kappa shape index (κ3) is 5.17. The van der Waals surface area contributed by atoms with Gasteiger partial charge in [-0.15, -0.1) is 0 Å². The lowest BCUT2D eigenvalue weighted by molar-refractivity contribution is 0.412. The van der Waals surface area contributed by atoms with Crippen molar-refractivity contribution in [2.45, 2.75) is 26.3 Å². The average molecular weight is 264 g/mol. The van der Waals surface area contributed by atoms with Crippen LogP contribution >= 0.6 is 0 Å². The fraction of sp³-hybridized carbons (Fsp3) is 0.667. The van der Waals surface area contributed by atoms with E-state index < -0.39 is 0 Å². The van der Waals surface area contributed by atoms with Crippen molar-refractivity contribution in [2.75, 3.05) is 45.7 Å². The summed E-state index contributed by atoms with van der Waals surface area (Å²) in [5.41, 5.74) is 1.23. The van der Waals surface area contributed by atoms with Gasteiger partial charge in [0.05, 0.1) is 0 Å². The molecule has 1 aromatic rings. The van der Waals surface area contributed by atoms with Crippen LogP contribution in [0.5, 0.6) is 0 Å². The first-order chi connectivity index (χ1) is 9.08. The first kappa shape index (κ1) is 15.9. The van der Waals surface area contributed by atoms with E-state index in [9.17, 15) is 0 Å². The van der Waals surface area contributed by atoms with E-state index >= 15 is 0 Å². The van der Waals surface area contributed by atoms with E-state index in [1.165, 1.54) is 5.56 Å². The summed E-state index contributed by atoms with van der Waals surface area (Å²) < 4.78 is 0. The van der Waals surface area contributed by atoms with Crippen LogP contribution in [0, 0.1) is 0 Å². The van der Waals surface area contributed by atoms with Gasteiger partial charge in [0.2, 0.25) is 0 Å². The highest BCUT2D eigenvalue weighted by molar-refractivity contribution is 5.39. The molecule has 0 saturated carbocycles. The fourth-order valence-corrected chi connectivity index (χ4v) is 1.94. The van der Waals surface area contributed by atoms with Crippen LogP contribution in [0.3, 0.4) is 0 Å². The molecule has 0 aromatic carbocycles. The molecule has 4 heteroatoms. The minimum atomic E-state index is 0.350. The first-order valence-corrected chi connectivity index (χ1v) is 7.11. The van der Waals surface area contributed by atoms with E-state index in [1.54, 1.807) is 0 Å². The second-order valence-electron chi connectivity index (χ2n) is 5.25. The predicted octanol–water partition coefficient (Wildman–Crippen LogP) is 2.14. The van der Waals surface area contributed by atoms with Gasteiger partial charge in [-0.25, -0.2) is 4.98 Å². The number of nitrogens with zero attached hydrogens (tertiary/aromatic N) is 3. The van der Waals surface area contributed by atoms with Crippen LogP contribution in [0.1, 0.15) is 31.9 Å². The van der Waals surface area contributed by atoms with Crippen LogP contribution < -0.4 is 10.2 Å². The lowest BCUT2D eigenvalue weighted by atomic mass is 10.1. The van der Waals surface area contributed by atoms with Gasteiger partial charge in [-0.1, -0.05) is 13.0 Å². The molecule has 0 fully saturated rings. The number of rotatable bonds is 8. The normalized spacial score (nSPS) is 12.7. The maximum atomic E-state index is 4.61. The number of hydrogen-bond donors (Lipinski definition) is 1. The summed E-state index contributed by atoms with van der Waals surface area (Å²) in [5, 5.41) is 3.23. The summed E-state index contributed by atoms with van der Waals surface area (Å²) in [5.74, 6) is 1.08. The number of anilines is 1. The molecule has 19 heavy (non-hydrogen) atoms. The van der Waals surface area contributed by atoms with Crippen LogP contribution in [0.15, 0.2) is 18.3 Å². The van der Waals surface area contributed by atoms with E-state index in [0.29, 0.717) is 6.04 Å². The van der Waals surface area contributed by atoms with E-state index in [-0.39, 0.29) is 0 Å². The van der Waals surface area contributed by atoms with Gasteiger partial charge in [0.25, 0.3) is 0 Å². The lowest BCUT2D eigenvalue weighted by Gasteiger charge is -2.25. The molecule has 0 saturated heterocycles. The summed E-state index contributed by atoms with van der Waals surface area (Å²) in [7, 11) is 6.18. The van der Waals surface area contributed by atoms with Gasteiger partial charge >= 0.3 is 0 Å². The summed E-state index contributed by atoms with van der Waals surface area (Å²) in [6, 6.07) is 4.65. The van der Waals surface area contributed by atoms with Gasteiger partial charge in [-0.2, -0.15) is 0 Å². The van der Waals surface area contributed by atoms with Crippen molar-refractivity contribution in [1.29, 1.82) is 0 Å². The third-order valence-corrected chi connectivity index (χ3v) is 3.34. The topological polar surface area (TPSA) is 31.4 Å². The zero-order valence-corrected chi connectivity index (χ0v) is 13.0. The molecular weight excluding hydrogens is 236 g/mol. The molecule has 1 heterocycles. The molecule has 0 spiro atoms. The molecule has 0 amide bonds. The van der Waals surface area contributed by atoms with Gasteiger partial charge in [0.1, 0.15) is 5.82 Å². The highest BCUT2D eigenvalue weighted by atomic mass is 15.2. The smallest absolute Gasteiger partial charge is 0.128 e. The van der Waals surface area contributed by atoms with Gasteiger partial charge in [0, 0.05) is 31.9 Å². The Morgan fingerprint density at radius 1 is 1.21 bits per heavy atom. The number of nitrogens with one attached hydrogen (secondary N) is 1. The van der Waals surface area contributed by atoms with Crippen molar-refractivity contribution in [3.05, 3.63) is 23.9 Å². The second-order valence-corrected chi connectivity index (χ2v) is 5.25. The molecular formula is C15H28N4. The van der Waals surface area contributed by atoms with Gasteiger partial charge in [0.15, 0.2) is 0 Å². The lowest BCUT2D eigenvalue weighted by Crippen LogP contribution is -2.32. The molecule has 1 N–H and O–H groups in total. The highest BCUT2D eigenvalue weighted by Crippen LogP contribution is 2.16. The summed E-state index contributed by atoms with van der Waals surface area (Å²) >= 11 is 0. The molecule has 0 aliphatic heterocycles. The molecule has 0 aliphatic carbocycles. The standard InChI is InChI=1S/C15H28N4/c1-6-9-19(11-10-18(4)5)15-8-7-14(12-17-15)13(2)16-3/h7-8,12-13,16H,6,9-11H2,1-5H3. The zero-order chi connectivity index (χ0) is 14.3. The monoisotopic (exact) mass is 264 g/mol. The molecule has 0 bridgehead atoms. The number of likely N-dealkylation sites (N-methyl/N-ethyl adjacent to an activating group) is 1. The molecule has 1 aromatic heterocycles. The zero-order valence-electron chi connectivity index (χ0n) is 13.0. The van der Waals surface area contributed by atoms with Crippen molar-refractivity contribution >= 4 is 5.82 Å². The summed E-state index contributed by atoms with van der Waals surface area (Å²) in [6.07, 6.45) is 3.12. The third-order valence-electron chi connectivity index (χ3n) is 3.34. The van der Waals surface area contributed by atoms with Crippen molar-refractivity contribution < 1.29 is 0 Å². The van der Waals surface area contributed by atoms with E-state index in [2.05, 4.69) is 60.2 Å². The largest absolute Gasteiger partial charge is 0.355 e. The molecule has 108 valence electrons. The van der Waals surface area contributed by atoms with Crippen LogP contribution in [0.25, 0.3) is 0 Å². The van der Waals surface area contributed by atoms with Gasteiger partial charge in [-0.3, -0.25) is 0 Å². The van der Waals surface area contributed by atoms with Crippen molar-refractivity contribution in [1.82, 2.24) is 15.2 Å². The Bertz CT molecular complexity index is 348. The minimum Gasteiger partial charge on any atom is -0.355 e. The van der Waals surface area contributed by atoms with Crippen LogP contribution in [0.2, 0.25) is 0 Å². The Kier molecular flexibility index (Phi) is 6.81. The van der Waals surface area contributed by atoms with E-state index in [4.69, 9.17) is 0 Å². The summed E-state index contributed by atoms with van der Waals surface area (Å²) in [6.45, 7) is 7.49. The number of aromatic nitrogens is 1. The molecule has 0 aliphatic rings. The Hall–Kier alpha value is -1.13. The van der Waals surface area contributed by atoms with Crippen LogP contribution in [0.4, 0.5) is 5.82 Å². The molecule has 1 unspecified atom stereocenters. The molecule has 4 nitrogen and oxygen atoms in total. The number of pyridine rings is 1. The van der Waals surface area contributed by atoms with Crippen LogP contribution in [-0.4, -0.2) is 50.7 Å². The molecule has 1 atom stereocenters. The average Bonchev–Trinajstić information content (AvgIpc) is 2.42. The Balaban J connectivity index is 2.73. The summed E-state index contributed by atoms with van der Waals surface area (Å²) in [4.78, 5) is 9.18. The van der Waals surface area contributed by atoms with Crippen molar-refractivity contribution in [2.24, 2.45) is 0 Å². The minimum absolute atomic E-state index is 0.350. The van der Waals surface area contributed by atoms with Gasteiger partial charge in [-0.05, 0) is 46.1 Å². The van der Waals surface area contributed by atoms with Crippen molar-refractivity contribution in [3.63, 3.8) is 0 Å². The maximum absolute atomic E-state index is 4.61. The first-order valence-electron chi connectivity index (χ1n) is 7.11. The Morgan fingerprint density at radius 2 is 1.95 bits per heavy atom. The van der Waals surface area contributed by atoms with E-state index in [1.807, 2.05) is 13.2 Å².